The van der Waals surface area contributed by atoms with Gasteiger partial charge in [0, 0.05) is 24.8 Å². The molecule has 0 atom stereocenters. The highest BCUT2D eigenvalue weighted by Gasteiger charge is 2.27. The van der Waals surface area contributed by atoms with E-state index in [1.165, 1.54) is 16.8 Å². The van der Waals surface area contributed by atoms with Crippen LogP contribution in [-0.2, 0) is 0 Å². The van der Waals surface area contributed by atoms with Crippen molar-refractivity contribution in [1.29, 1.82) is 0 Å². The maximum atomic E-state index is 14.1. The van der Waals surface area contributed by atoms with Crippen molar-refractivity contribution in [1.82, 2.24) is 20.1 Å². The summed E-state index contributed by atoms with van der Waals surface area (Å²) in [4.78, 5) is 18.5. The summed E-state index contributed by atoms with van der Waals surface area (Å²) in [7, 11) is 0. The molecule has 2 N–H and O–H groups in total. The number of anilines is 1. The van der Waals surface area contributed by atoms with Gasteiger partial charge in [0.15, 0.2) is 11.5 Å². The standard InChI is InChI=1S/C17H15F2N5O2/c18-10-3-4-12(19)11(9-10)13-5-8-24-15(20-13)14(17(25)22-26)16(21-24)23-6-1-2-7-23/h3-5,8-9,26H,1-2,6-7H2,(H,22,25). The first-order valence-corrected chi connectivity index (χ1v) is 8.12. The number of carbonyl (C=O) groups is 1. The number of benzene rings is 1. The Kier molecular flexibility index (Phi) is 4.00. The summed E-state index contributed by atoms with van der Waals surface area (Å²) >= 11 is 0. The van der Waals surface area contributed by atoms with Crippen molar-refractivity contribution in [2.75, 3.05) is 18.0 Å². The molecule has 1 aliphatic rings. The number of nitrogens with one attached hydrogen (secondary N) is 1. The minimum Gasteiger partial charge on any atom is -0.354 e. The molecule has 0 bridgehead atoms. The second-order valence-corrected chi connectivity index (χ2v) is 6.04. The maximum absolute atomic E-state index is 14.1. The zero-order valence-corrected chi connectivity index (χ0v) is 13.6. The monoisotopic (exact) mass is 359 g/mol. The molecule has 134 valence electrons. The van der Waals surface area contributed by atoms with Crippen molar-refractivity contribution in [2.45, 2.75) is 12.8 Å². The van der Waals surface area contributed by atoms with Gasteiger partial charge >= 0.3 is 0 Å². The molecule has 0 radical (unpaired) electrons. The molecule has 2 aromatic heterocycles. The minimum absolute atomic E-state index is 0.0215. The predicted molar refractivity (Wildman–Crippen MR) is 89.0 cm³/mol. The lowest BCUT2D eigenvalue weighted by atomic mass is 10.1. The van der Waals surface area contributed by atoms with E-state index in [0.29, 0.717) is 5.82 Å². The number of hydrogen-bond acceptors (Lipinski definition) is 5. The third kappa shape index (κ3) is 2.66. The Bertz CT molecular complexity index is 998. The average Bonchev–Trinajstić information content (AvgIpc) is 3.29. The molecule has 7 nitrogen and oxygen atoms in total. The van der Waals surface area contributed by atoms with E-state index in [1.54, 1.807) is 5.48 Å². The van der Waals surface area contributed by atoms with E-state index in [-0.39, 0.29) is 22.5 Å². The second kappa shape index (κ2) is 6.34. The summed E-state index contributed by atoms with van der Waals surface area (Å²) < 4.78 is 29.0. The summed E-state index contributed by atoms with van der Waals surface area (Å²) in [6, 6.07) is 4.57. The first-order chi connectivity index (χ1) is 12.6. The molecule has 26 heavy (non-hydrogen) atoms. The molecule has 3 heterocycles. The van der Waals surface area contributed by atoms with E-state index in [0.717, 1.165) is 44.1 Å². The molecule has 0 aliphatic carbocycles. The molecule has 9 heteroatoms. The molecule has 0 unspecified atom stereocenters. The van der Waals surface area contributed by atoms with E-state index >= 15 is 0 Å². The van der Waals surface area contributed by atoms with E-state index in [9.17, 15) is 13.6 Å². The zero-order valence-electron chi connectivity index (χ0n) is 13.6. The van der Waals surface area contributed by atoms with Crippen molar-refractivity contribution >= 4 is 17.4 Å². The Balaban J connectivity index is 1.92. The van der Waals surface area contributed by atoms with Crippen molar-refractivity contribution < 1.29 is 18.8 Å². The number of carbonyl (C=O) groups excluding carboxylic acids is 1. The summed E-state index contributed by atoms with van der Waals surface area (Å²) in [6.45, 7) is 1.47. The van der Waals surface area contributed by atoms with E-state index in [4.69, 9.17) is 5.21 Å². The van der Waals surface area contributed by atoms with Gasteiger partial charge < -0.3 is 4.90 Å². The lowest BCUT2D eigenvalue weighted by molar-refractivity contribution is 0.0708. The first kappa shape index (κ1) is 16.4. The van der Waals surface area contributed by atoms with Gasteiger partial charge in [0.2, 0.25) is 0 Å². The van der Waals surface area contributed by atoms with Crippen molar-refractivity contribution in [2.24, 2.45) is 0 Å². The number of hydrogen-bond donors (Lipinski definition) is 2. The molecule has 1 saturated heterocycles. The van der Waals surface area contributed by atoms with E-state index < -0.39 is 17.5 Å². The van der Waals surface area contributed by atoms with Crippen LogP contribution in [0.25, 0.3) is 16.9 Å². The van der Waals surface area contributed by atoms with Gasteiger partial charge in [0.25, 0.3) is 5.91 Å². The normalized spacial score (nSPS) is 14.2. The Morgan fingerprint density at radius 3 is 2.69 bits per heavy atom. The number of fused-ring (bicyclic) bond motifs is 1. The Hall–Kier alpha value is -3.07. The van der Waals surface area contributed by atoms with Crippen LogP contribution in [0.15, 0.2) is 30.5 Å². The van der Waals surface area contributed by atoms with Crippen LogP contribution in [0.1, 0.15) is 23.2 Å². The lowest BCUT2D eigenvalue weighted by Crippen LogP contribution is -2.25. The number of nitrogens with zero attached hydrogens (tertiary/aromatic N) is 4. The topological polar surface area (TPSA) is 82.8 Å². The van der Waals surface area contributed by atoms with Gasteiger partial charge in [-0.25, -0.2) is 23.8 Å². The smallest absolute Gasteiger partial charge is 0.282 e. The number of amides is 1. The van der Waals surface area contributed by atoms with Crippen LogP contribution in [0.3, 0.4) is 0 Å². The summed E-state index contributed by atoms with van der Waals surface area (Å²) in [6.07, 6.45) is 3.47. The van der Waals surface area contributed by atoms with Crippen LogP contribution >= 0.6 is 0 Å². The van der Waals surface area contributed by atoms with Crippen LogP contribution in [0.4, 0.5) is 14.6 Å². The van der Waals surface area contributed by atoms with Crippen LogP contribution < -0.4 is 10.4 Å². The van der Waals surface area contributed by atoms with Gasteiger partial charge in [0.05, 0.1) is 5.69 Å². The quantitative estimate of drug-likeness (QED) is 0.554. The second-order valence-electron chi connectivity index (χ2n) is 6.04. The maximum Gasteiger partial charge on any atom is 0.282 e. The van der Waals surface area contributed by atoms with Crippen LogP contribution in [0.2, 0.25) is 0 Å². The third-order valence-electron chi connectivity index (χ3n) is 4.41. The third-order valence-corrected chi connectivity index (χ3v) is 4.41. The zero-order chi connectivity index (χ0) is 18.3. The number of hydroxylamine groups is 1. The Labute approximate surface area is 146 Å². The number of aromatic nitrogens is 3. The lowest BCUT2D eigenvalue weighted by Gasteiger charge is -2.14. The molecular formula is C17H15F2N5O2. The molecule has 1 amide bonds. The number of rotatable bonds is 3. The van der Waals surface area contributed by atoms with Gasteiger partial charge in [0.1, 0.15) is 17.2 Å². The van der Waals surface area contributed by atoms with Crippen LogP contribution in [-0.4, -0.2) is 38.8 Å². The highest BCUT2D eigenvalue weighted by molar-refractivity contribution is 6.04. The molecule has 1 aromatic carbocycles. The Morgan fingerprint density at radius 2 is 1.96 bits per heavy atom. The molecule has 1 aliphatic heterocycles. The summed E-state index contributed by atoms with van der Waals surface area (Å²) in [5.41, 5.74) is 1.99. The fourth-order valence-electron chi connectivity index (χ4n) is 3.17. The van der Waals surface area contributed by atoms with Crippen LogP contribution in [0, 0.1) is 11.6 Å². The van der Waals surface area contributed by atoms with Crippen molar-refractivity contribution in [3.63, 3.8) is 0 Å². The highest BCUT2D eigenvalue weighted by atomic mass is 19.1. The first-order valence-electron chi connectivity index (χ1n) is 8.12. The van der Waals surface area contributed by atoms with Crippen molar-refractivity contribution in [3.05, 3.63) is 47.7 Å². The molecular weight excluding hydrogens is 344 g/mol. The molecule has 3 aromatic rings. The highest BCUT2D eigenvalue weighted by Crippen LogP contribution is 2.28. The van der Waals surface area contributed by atoms with Crippen molar-refractivity contribution in [3.8, 4) is 11.3 Å². The van der Waals surface area contributed by atoms with Gasteiger partial charge in [-0.1, -0.05) is 0 Å². The van der Waals surface area contributed by atoms with Gasteiger partial charge in [-0.05, 0) is 37.1 Å². The molecule has 0 spiro atoms. The molecule has 1 fully saturated rings. The summed E-state index contributed by atoms with van der Waals surface area (Å²) in [5, 5.41) is 13.5. The minimum atomic E-state index is -0.758. The largest absolute Gasteiger partial charge is 0.354 e. The van der Waals surface area contributed by atoms with E-state index in [2.05, 4.69) is 10.1 Å². The fourth-order valence-corrected chi connectivity index (χ4v) is 3.17. The number of halogens is 2. The SMILES string of the molecule is O=C(NO)c1c(N2CCCC2)nn2ccc(-c3cc(F)ccc3F)nc12. The molecule has 4 rings (SSSR count). The van der Waals surface area contributed by atoms with Gasteiger partial charge in [-0.15, -0.1) is 5.10 Å². The fraction of sp³-hybridized carbons (Fsp3) is 0.235. The van der Waals surface area contributed by atoms with E-state index in [1.807, 2.05) is 4.90 Å². The predicted octanol–water partition coefficient (Wildman–Crippen LogP) is 2.39. The van der Waals surface area contributed by atoms with Gasteiger partial charge in [-0.2, -0.15) is 0 Å². The van der Waals surface area contributed by atoms with Crippen LogP contribution in [0.5, 0.6) is 0 Å². The molecule has 0 saturated carbocycles. The van der Waals surface area contributed by atoms with Gasteiger partial charge in [-0.3, -0.25) is 10.0 Å². The average molecular weight is 359 g/mol. The summed E-state index contributed by atoms with van der Waals surface area (Å²) in [5.74, 6) is -1.58. The Morgan fingerprint density at radius 1 is 1.19 bits per heavy atom.